The van der Waals surface area contributed by atoms with Gasteiger partial charge in [-0.2, -0.15) is 5.10 Å². The Bertz CT molecular complexity index is 865. The first-order valence-electron chi connectivity index (χ1n) is 6.46. The molecule has 0 radical (unpaired) electrons. The highest BCUT2D eigenvalue weighted by atomic mass is 16.5. The van der Waals surface area contributed by atoms with E-state index in [4.69, 9.17) is 4.74 Å². The lowest BCUT2D eigenvalue weighted by molar-refractivity contribution is 0.0958. The summed E-state index contributed by atoms with van der Waals surface area (Å²) >= 11 is 0. The molecule has 0 aromatic carbocycles. The molecule has 0 unspecified atom stereocenters. The van der Waals surface area contributed by atoms with Crippen LogP contribution in [0.2, 0.25) is 0 Å². The maximum atomic E-state index is 11.6. The summed E-state index contributed by atoms with van der Waals surface area (Å²) in [5.41, 5.74) is 2.43. The van der Waals surface area contributed by atoms with Crippen molar-refractivity contribution in [3.63, 3.8) is 0 Å². The van der Waals surface area contributed by atoms with Crippen molar-refractivity contribution in [3.05, 3.63) is 29.7 Å². The number of amides is 1. The molecular formula is C14H13N5O3. The summed E-state index contributed by atoms with van der Waals surface area (Å²) in [5.74, 6) is 0.215. The molecule has 3 aromatic rings. The van der Waals surface area contributed by atoms with E-state index in [-0.39, 0.29) is 5.91 Å². The molecule has 0 saturated carbocycles. The van der Waals surface area contributed by atoms with E-state index in [0.717, 1.165) is 6.29 Å². The molecule has 3 aromatic heterocycles. The molecule has 3 heterocycles. The number of hydrogen-bond acceptors (Lipinski definition) is 5. The zero-order valence-electron chi connectivity index (χ0n) is 11.9. The minimum atomic E-state index is -0.274. The van der Waals surface area contributed by atoms with Crippen molar-refractivity contribution >= 4 is 23.1 Å². The van der Waals surface area contributed by atoms with Gasteiger partial charge in [0.2, 0.25) is 0 Å². The van der Waals surface area contributed by atoms with Gasteiger partial charge in [0.05, 0.1) is 24.2 Å². The second-order valence-corrected chi connectivity index (χ2v) is 4.53. The number of ether oxygens (including phenoxy) is 1. The smallest absolute Gasteiger partial charge is 0.269 e. The predicted molar refractivity (Wildman–Crippen MR) is 79.0 cm³/mol. The van der Waals surface area contributed by atoms with Gasteiger partial charge in [-0.1, -0.05) is 0 Å². The Morgan fingerprint density at radius 2 is 2.27 bits per heavy atom. The highest BCUT2D eigenvalue weighted by molar-refractivity contribution is 6.05. The maximum Gasteiger partial charge on any atom is 0.269 e. The number of hydrogen-bond donors (Lipinski definition) is 3. The summed E-state index contributed by atoms with van der Waals surface area (Å²) in [6.45, 7) is 0. The van der Waals surface area contributed by atoms with Gasteiger partial charge in [0.1, 0.15) is 22.8 Å². The van der Waals surface area contributed by atoms with E-state index in [9.17, 15) is 9.59 Å². The van der Waals surface area contributed by atoms with Crippen LogP contribution in [0.25, 0.3) is 22.3 Å². The minimum absolute atomic E-state index is 0.274. The molecule has 3 rings (SSSR count). The summed E-state index contributed by atoms with van der Waals surface area (Å²) in [5, 5.41) is 9.89. The fourth-order valence-electron chi connectivity index (χ4n) is 2.28. The maximum absolute atomic E-state index is 11.6. The highest BCUT2D eigenvalue weighted by Crippen LogP contribution is 2.33. The van der Waals surface area contributed by atoms with Gasteiger partial charge < -0.3 is 15.0 Å². The fraction of sp³-hybridized carbons (Fsp3) is 0.143. The average Bonchev–Trinajstić information content (AvgIpc) is 3.20. The largest absolute Gasteiger partial charge is 0.494 e. The summed E-state index contributed by atoms with van der Waals surface area (Å²) in [4.78, 5) is 30.1. The van der Waals surface area contributed by atoms with Gasteiger partial charge in [0.25, 0.3) is 5.91 Å². The minimum Gasteiger partial charge on any atom is -0.494 e. The number of carbonyl (C=O) groups excluding carboxylic acids is 2. The van der Waals surface area contributed by atoms with Gasteiger partial charge in [-0.05, 0) is 6.07 Å². The highest BCUT2D eigenvalue weighted by Gasteiger charge is 2.18. The van der Waals surface area contributed by atoms with Crippen LogP contribution in [-0.2, 0) is 0 Å². The number of carbonyl (C=O) groups is 2. The van der Waals surface area contributed by atoms with Crippen molar-refractivity contribution in [2.45, 2.75) is 0 Å². The van der Waals surface area contributed by atoms with Gasteiger partial charge in [-0.3, -0.25) is 14.7 Å². The lowest BCUT2D eigenvalue weighted by atomic mass is 10.1. The van der Waals surface area contributed by atoms with Crippen molar-refractivity contribution in [3.8, 4) is 17.1 Å². The number of nitrogens with zero attached hydrogens (tertiary/aromatic N) is 2. The SMILES string of the molecule is CNC(=O)c1cc(-c2ncc(OC)c3c(C=O)c[nH]c23)n[nH]1. The van der Waals surface area contributed by atoms with E-state index >= 15 is 0 Å². The van der Waals surface area contributed by atoms with Gasteiger partial charge in [0.15, 0.2) is 6.29 Å². The van der Waals surface area contributed by atoms with Gasteiger partial charge >= 0.3 is 0 Å². The number of methoxy groups -OCH3 is 1. The van der Waals surface area contributed by atoms with Gasteiger partial charge in [0, 0.05) is 18.8 Å². The van der Waals surface area contributed by atoms with Crippen molar-refractivity contribution in [2.24, 2.45) is 0 Å². The summed E-state index contributed by atoms with van der Waals surface area (Å²) in [6, 6.07) is 1.59. The van der Waals surface area contributed by atoms with Crippen LogP contribution in [0.3, 0.4) is 0 Å². The molecule has 1 amide bonds. The number of pyridine rings is 1. The second kappa shape index (κ2) is 5.32. The quantitative estimate of drug-likeness (QED) is 0.625. The molecule has 22 heavy (non-hydrogen) atoms. The van der Waals surface area contributed by atoms with Crippen LogP contribution in [0.15, 0.2) is 18.5 Å². The van der Waals surface area contributed by atoms with E-state index in [0.29, 0.717) is 39.3 Å². The lowest BCUT2D eigenvalue weighted by Crippen LogP contribution is -2.17. The zero-order chi connectivity index (χ0) is 15.7. The van der Waals surface area contributed by atoms with E-state index in [1.807, 2.05) is 0 Å². The van der Waals surface area contributed by atoms with Crippen LogP contribution < -0.4 is 10.1 Å². The van der Waals surface area contributed by atoms with Gasteiger partial charge in [-0.25, -0.2) is 4.98 Å². The van der Waals surface area contributed by atoms with Crippen LogP contribution in [0, 0.1) is 0 Å². The Balaban J connectivity index is 2.19. The number of aromatic nitrogens is 4. The zero-order valence-corrected chi connectivity index (χ0v) is 11.9. The average molecular weight is 299 g/mol. The predicted octanol–water partition coefficient (Wildman–Crippen LogP) is 1.13. The van der Waals surface area contributed by atoms with Crippen LogP contribution in [0.1, 0.15) is 20.8 Å². The molecule has 0 aliphatic heterocycles. The summed E-state index contributed by atoms with van der Waals surface area (Å²) < 4.78 is 5.25. The molecule has 0 bridgehead atoms. The molecule has 3 N–H and O–H groups in total. The third-order valence-corrected chi connectivity index (χ3v) is 3.34. The first-order valence-corrected chi connectivity index (χ1v) is 6.46. The Kier molecular flexibility index (Phi) is 3.34. The van der Waals surface area contributed by atoms with E-state index in [1.54, 1.807) is 12.3 Å². The molecule has 0 aliphatic carbocycles. The van der Waals surface area contributed by atoms with E-state index < -0.39 is 0 Å². The molecule has 0 spiro atoms. The Morgan fingerprint density at radius 1 is 1.45 bits per heavy atom. The van der Waals surface area contributed by atoms with Crippen molar-refractivity contribution in [1.82, 2.24) is 25.5 Å². The summed E-state index contributed by atoms with van der Waals surface area (Å²) in [6.07, 6.45) is 3.84. The molecular weight excluding hydrogens is 286 g/mol. The van der Waals surface area contributed by atoms with Crippen molar-refractivity contribution < 1.29 is 14.3 Å². The number of aldehydes is 1. The fourth-order valence-corrected chi connectivity index (χ4v) is 2.28. The van der Waals surface area contributed by atoms with Crippen molar-refractivity contribution in [2.75, 3.05) is 14.2 Å². The molecule has 8 heteroatoms. The Morgan fingerprint density at radius 3 is 2.95 bits per heavy atom. The number of H-pyrrole nitrogens is 2. The number of aromatic amines is 2. The Hall–Kier alpha value is -3.16. The number of rotatable bonds is 4. The first-order chi connectivity index (χ1) is 10.7. The van der Waals surface area contributed by atoms with Crippen LogP contribution in [-0.4, -0.2) is 46.5 Å². The lowest BCUT2D eigenvalue weighted by Gasteiger charge is -2.04. The topological polar surface area (TPSA) is 113 Å². The molecule has 0 saturated heterocycles. The molecule has 0 fully saturated rings. The molecule has 0 aliphatic rings. The standard InChI is InChI=1S/C14H13N5O3/c1-15-14(21)9-3-8(18-19-9)12-13-11(7(6-20)4-16-13)10(22-2)5-17-12/h3-6,16H,1-2H3,(H,15,21)(H,18,19). The third-order valence-electron chi connectivity index (χ3n) is 3.34. The monoisotopic (exact) mass is 299 g/mol. The van der Waals surface area contributed by atoms with Gasteiger partial charge in [-0.15, -0.1) is 0 Å². The molecule has 112 valence electrons. The van der Waals surface area contributed by atoms with E-state index in [2.05, 4.69) is 25.5 Å². The second-order valence-electron chi connectivity index (χ2n) is 4.53. The van der Waals surface area contributed by atoms with E-state index in [1.165, 1.54) is 20.4 Å². The van der Waals surface area contributed by atoms with Crippen LogP contribution in [0.5, 0.6) is 5.75 Å². The Labute approximate surface area is 124 Å². The van der Waals surface area contributed by atoms with Crippen LogP contribution >= 0.6 is 0 Å². The molecule has 8 nitrogen and oxygen atoms in total. The third kappa shape index (κ3) is 2.01. The van der Waals surface area contributed by atoms with Crippen LogP contribution in [0.4, 0.5) is 0 Å². The molecule has 0 atom stereocenters. The van der Waals surface area contributed by atoms with Crippen molar-refractivity contribution in [1.29, 1.82) is 0 Å². The first kappa shape index (κ1) is 13.8. The normalized spacial score (nSPS) is 10.6. The summed E-state index contributed by atoms with van der Waals surface area (Å²) in [7, 11) is 3.05. The number of fused-ring (bicyclic) bond motifs is 1. The number of nitrogens with one attached hydrogen (secondary N) is 3.